The summed E-state index contributed by atoms with van der Waals surface area (Å²) in [7, 11) is 0.793. The van der Waals surface area contributed by atoms with Gasteiger partial charge in [-0.15, -0.1) is 0 Å². The van der Waals surface area contributed by atoms with Crippen molar-refractivity contribution in [3.8, 4) is 0 Å². The molecule has 18 heavy (non-hydrogen) atoms. The Kier molecular flexibility index (Phi) is 3.73. The second kappa shape index (κ2) is 4.75. The van der Waals surface area contributed by atoms with Gasteiger partial charge in [0.1, 0.15) is 11.3 Å². The molecule has 0 aromatic carbocycles. The molecule has 0 aliphatic carbocycles. The monoisotopic (exact) mass is 271 g/mol. The molecule has 1 heterocycles. The highest BCUT2D eigenvalue weighted by Gasteiger charge is 2.40. The number of rotatable bonds is 2. The van der Waals surface area contributed by atoms with Crippen LogP contribution in [0.15, 0.2) is 11.0 Å². The number of aromatic amines is 1. The molecular weight excluding hydrogens is 265 g/mol. The van der Waals surface area contributed by atoms with Gasteiger partial charge in [-0.05, 0) is 0 Å². The van der Waals surface area contributed by atoms with Gasteiger partial charge in [0.05, 0.1) is 12.7 Å². The molecular formula is C9H6F5NO3. The highest BCUT2D eigenvalue weighted by atomic mass is 19.4. The van der Waals surface area contributed by atoms with Gasteiger partial charge in [0, 0.05) is 6.20 Å². The second-order valence-corrected chi connectivity index (χ2v) is 3.11. The minimum absolute atomic E-state index is 0.356. The van der Waals surface area contributed by atoms with Crippen LogP contribution in [0.5, 0.6) is 0 Å². The summed E-state index contributed by atoms with van der Waals surface area (Å²) < 4.78 is 66.4. The molecule has 0 fully saturated rings. The Balaban J connectivity index is 3.63. The minimum atomic E-state index is -5.25. The van der Waals surface area contributed by atoms with E-state index < -0.39 is 40.8 Å². The van der Waals surface area contributed by atoms with Gasteiger partial charge in [-0.1, -0.05) is 0 Å². The summed E-state index contributed by atoms with van der Waals surface area (Å²) in [5.41, 5.74) is -6.52. The van der Waals surface area contributed by atoms with Crippen molar-refractivity contribution in [2.45, 2.75) is 12.6 Å². The van der Waals surface area contributed by atoms with Crippen molar-refractivity contribution < 1.29 is 31.5 Å². The lowest BCUT2D eigenvalue weighted by molar-refractivity contribution is -0.139. The topological polar surface area (TPSA) is 59.2 Å². The van der Waals surface area contributed by atoms with Crippen LogP contribution < -0.4 is 5.43 Å². The van der Waals surface area contributed by atoms with Crippen molar-refractivity contribution in [1.29, 1.82) is 0 Å². The van der Waals surface area contributed by atoms with Crippen molar-refractivity contribution in [3.63, 3.8) is 0 Å². The summed E-state index contributed by atoms with van der Waals surface area (Å²) in [5.74, 6) is -1.47. The first-order valence-corrected chi connectivity index (χ1v) is 4.39. The number of ether oxygens (including phenoxy) is 1. The summed E-state index contributed by atoms with van der Waals surface area (Å²) in [5, 5.41) is 0. The van der Waals surface area contributed by atoms with Crippen molar-refractivity contribution in [2.75, 3.05) is 7.11 Å². The molecule has 0 unspecified atom stereocenters. The third-order valence-electron chi connectivity index (χ3n) is 2.02. The van der Waals surface area contributed by atoms with Crippen molar-refractivity contribution in [2.24, 2.45) is 0 Å². The molecule has 0 atom stereocenters. The zero-order valence-electron chi connectivity index (χ0n) is 8.77. The average Bonchev–Trinajstić information content (AvgIpc) is 2.25. The Hall–Kier alpha value is -1.93. The Morgan fingerprint density at radius 2 is 1.94 bits per heavy atom. The SMILES string of the molecule is COC(=O)c1[nH]cc(C(F)F)c(=O)c1C(F)(F)F. The lowest BCUT2D eigenvalue weighted by atomic mass is 10.1. The molecule has 0 aliphatic rings. The van der Waals surface area contributed by atoms with Crippen LogP contribution >= 0.6 is 0 Å². The number of hydrogen-bond acceptors (Lipinski definition) is 3. The number of pyridine rings is 1. The number of alkyl halides is 5. The smallest absolute Gasteiger partial charge is 0.422 e. The number of esters is 1. The van der Waals surface area contributed by atoms with Crippen molar-refractivity contribution in [1.82, 2.24) is 4.98 Å². The van der Waals surface area contributed by atoms with Crippen LogP contribution in [0.1, 0.15) is 28.0 Å². The fourth-order valence-corrected chi connectivity index (χ4v) is 1.24. The van der Waals surface area contributed by atoms with Gasteiger partial charge in [0.2, 0.25) is 5.43 Å². The predicted molar refractivity (Wildman–Crippen MR) is 48.4 cm³/mol. The Bertz CT molecular complexity index is 520. The molecule has 1 aromatic rings. The Morgan fingerprint density at radius 1 is 1.39 bits per heavy atom. The predicted octanol–water partition coefficient (Wildman–Crippen LogP) is 2.12. The number of hydrogen-bond donors (Lipinski definition) is 1. The van der Waals surface area contributed by atoms with Crippen LogP contribution in [-0.2, 0) is 10.9 Å². The average molecular weight is 271 g/mol. The minimum Gasteiger partial charge on any atom is -0.464 e. The first-order valence-electron chi connectivity index (χ1n) is 4.39. The van der Waals surface area contributed by atoms with Gasteiger partial charge in [0.15, 0.2) is 0 Å². The first-order chi connectivity index (χ1) is 8.20. The van der Waals surface area contributed by atoms with E-state index in [1.54, 1.807) is 4.98 Å². The number of carbonyl (C=O) groups excluding carboxylic acids is 1. The number of methoxy groups -OCH3 is 1. The van der Waals surface area contributed by atoms with Gasteiger partial charge >= 0.3 is 12.1 Å². The lowest BCUT2D eigenvalue weighted by Crippen LogP contribution is -2.28. The molecule has 0 saturated heterocycles. The molecule has 0 amide bonds. The molecule has 1 aromatic heterocycles. The number of nitrogens with one attached hydrogen (secondary N) is 1. The maximum atomic E-state index is 12.6. The van der Waals surface area contributed by atoms with Gasteiger partial charge in [-0.25, -0.2) is 13.6 Å². The highest BCUT2D eigenvalue weighted by molar-refractivity contribution is 5.89. The van der Waals surface area contributed by atoms with E-state index in [0.29, 0.717) is 6.20 Å². The van der Waals surface area contributed by atoms with Gasteiger partial charge < -0.3 is 9.72 Å². The fourth-order valence-electron chi connectivity index (χ4n) is 1.24. The summed E-state index contributed by atoms with van der Waals surface area (Å²) in [6.07, 6.45) is -8.28. The third kappa shape index (κ3) is 2.49. The standard InChI is InChI=1S/C9H6F5NO3/c1-18-8(17)5-4(9(12,13)14)6(16)3(2-15-5)7(10)11/h2,7H,1H3,(H,15,16). The molecule has 9 heteroatoms. The van der Waals surface area contributed by atoms with E-state index in [1.165, 1.54) is 0 Å². The quantitative estimate of drug-likeness (QED) is 0.662. The summed E-state index contributed by atoms with van der Waals surface area (Å²) >= 11 is 0. The fraction of sp³-hybridized carbons (Fsp3) is 0.333. The number of halogens is 5. The molecule has 1 N–H and O–H groups in total. The lowest BCUT2D eigenvalue weighted by Gasteiger charge is -2.11. The van der Waals surface area contributed by atoms with E-state index in [1.807, 2.05) is 0 Å². The van der Waals surface area contributed by atoms with Crippen LogP contribution in [0.25, 0.3) is 0 Å². The van der Waals surface area contributed by atoms with Crippen molar-refractivity contribution in [3.05, 3.63) is 33.2 Å². The van der Waals surface area contributed by atoms with E-state index in [0.717, 1.165) is 7.11 Å². The molecule has 4 nitrogen and oxygen atoms in total. The van der Waals surface area contributed by atoms with Gasteiger partial charge in [-0.3, -0.25) is 4.79 Å². The molecule has 0 spiro atoms. The van der Waals surface area contributed by atoms with Crippen LogP contribution in [-0.4, -0.2) is 18.1 Å². The summed E-state index contributed by atoms with van der Waals surface area (Å²) in [6.45, 7) is 0. The first kappa shape index (κ1) is 14.1. The van der Waals surface area contributed by atoms with Crippen molar-refractivity contribution >= 4 is 5.97 Å². The largest absolute Gasteiger partial charge is 0.464 e. The summed E-state index contributed by atoms with van der Waals surface area (Å²) in [4.78, 5) is 24.0. The molecule has 0 saturated carbocycles. The van der Waals surface area contributed by atoms with E-state index in [-0.39, 0.29) is 0 Å². The van der Waals surface area contributed by atoms with E-state index in [9.17, 15) is 31.5 Å². The maximum Gasteiger partial charge on any atom is 0.422 e. The third-order valence-corrected chi connectivity index (χ3v) is 2.02. The van der Waals surface area contributed by atoms with Crippen LogP contribution in [0.3, 0.4) is 0 Å². The number of aromatic nitrogens is 1. The number of carbonyl (C=O) groups is 1. The highest BCUT2D eigenvalue weighted by Crippen LogP contribution is 2.30. The normalized spacial score (nSPS) is 11.7. The Labute approximate surface area is 96.4 Å². The van der Waals surface area contributed by atoms with Gasteiger partial charge in [0.25, 0.3) is 6.43 Å². The van der Waals surface area contributed by atoms with Crippen LogP contribution in [0.4, 0.5) is 22.0 Å². The van der Waals surface area contributed by atoms with E-state index in [4.69, 9.17) is 0 Å². The Morgan fingerprint density at radius 3 is 2.33 bits per heavy atom. The zero-order valence-corrected chi connectivity index (χ0v) is 8.77. The maximum absolute atomic E-state index is 12.6. The molecule has 0 aliphatic heterocycles. The zero-order chi connectivity index (χ0) is 14.1. The van der Waals surface area contributed by atoms with Crippen LogP contribution in [0, 0.1) is 0 Å². The van der Waals surface area contributed by atoms with Crippen LogP contribution in [0.2, 0.25) is 0 Å². The second-order valence-electron chi connectivity index (χ2n) is 3.11. The van der Waals surface area contributed by atoms with E-state index in [2.05, 4.69) is 4.74 Å². The van der Waals surface area contributed by atoms with Gasteiger partial charge in [-0.2, -0.15) is 13.2 Å². The molecule has 0 bridgehead atoms. The number of H-pyrrole nitrogens is 1. The summed E-state index contributed by atoms with van der Waals surface area (Å²) in [6, 6.07) is 0. The molecule has 100 valence electrons. The molecule has 1 rings (SSSR count). The molecule has 0 radical (unpaired) electrons. The van der Waals surface area contributed by atoms with E-state index >= 15 is 0 Å².